The Morgan fingerprint density at radius 3 is 2.67 bits per heavy atom. The lowest BCUT2D eigenvalue weighted by Gasteiger charge is -2.24. The second-order valence-corrected chi connectivity index (χ2v) is 5.39. The van der Waals surface area contributed by atoms with Gasteiger partial charge in [0.05, 0.1) is 0 Å². The predicted molar refractivity (Wildman–Crippen MR) is 86.2 cm³/mol. The predicted octanol–water partition coefficient (Wildman–Crippen LogP) is 2.63. The van der Waals surface area contributed by atoms with Crippen LogP contribution in [0.5, 0.6) is 0 Å². The fourth-order valence-corrected chi connectivity index (χ4v) is 2.32. The molecule has 1 aromatic rings. The minimum Gasteiger partial charge on any atom is -0.455 e. The van der Waals surface area contributed by atoms with E-state index >= 15 is 0 Å². The molecule has 0 saturated heterocycles. The molecule has 0 saturated carbocycles. The van der Waals surface area contributed by atoms with Gasteiger partial charge in [-0.15, -0.1) is 0 Å². The standard InChI is InChI=1S/C15H14INO4/c1-10(18)20-12(8-9-16)15(2)14(19)21-13(17-15)11-6-4-3-5-7-11/h3-9,12H,1-2H3/b9-8+/t12?,15-/m0/s1. The quantitative estimate of drug-likeness (QED) is 0.577. The number of esters is 2. The number of aliphatic imine (C=N–C) groups is 1. The highest BCUT2D eigenvalue weighted by molar-refractivity contribution is 14.1. The zero-order valence-electron chi connectivity index (χ0n) is 11.6. The number of hydrogen-bond donors (Lipinski definition) is 0. The number of carbonyl (C=O) groups is 2. The number of cyclic esters (lactones) is 1. The maximum Gasteiger partial charge on any atom is 0.344 e. The molecule has 0 radical (unpaired) electrons. The summed E-state index contributed by atoms with van der Waals surface area (Å²) in [6.45, 7) is 2.88. The van der Waals surface area contributed by atoms with E-state index in [-0.39, 0.29) is 5.90 Å². The van der Waals surface area contributed by atoms with Gasteiger partial charge in [-0.3, -0.25) is 4.79 Å². The zero-order valence-corrected chi connectivity index (χ0v) is 13.7. The molecule has 21 heavy (non-hydrogen) atoms. The summed E-state index contributed by atoms with van der Waals surface area (Å²) in [5, 5.41) is 0. The first-order valence-electron chi connectivity index (χ1n) is 6.29. The van der Waals surface area contributed by atoms with E-state index in [4.69, 9.17) is 9.47 Å². The summed E-state index contributed by atoms with van der Waals surface area (Å²) in [4.78, 5) is 27.8. The lowest BCUT2D eigenvalue weighted by molar-refractivity contribution is -0.152. The van der Waals surface area contributed by atoms with E-state index in [0.29, 0.717) is 5.56 Å². The summed E-state index contributed by atoms with van der Waals surface area (Å²) >= 11 is 1.99. The van der Waals surface area contributed by atoms with Gasteiger partial charge in [-0.1, -0.05) is 40.8 Å². The SMILES string of the molecule is CC(=O)OC(/C=C/I)[C@]1(C)N=C(c2ccccc2)OC1=O. The Kier molecular flexibility index (Phi) is 4.76. The first kappa shape index (κ1) is 15.7. The van der Waals surface area contributed by atoms with Crippen LogP contribution in [-0.4, -0.2) is 29.5 Å². The van der Waals surface area contributed by atoms with Crippen molar-refractivity contribution in [3.05, 3.63) is 46.1 Å². The van der Waals surface area contributed by atoms with Gasteiger partial charge in [0.15, 0.2) is 11.6 Å². The van der Waals surface area contributed by atoms with E-state index in [9.17, 15) is 9.59 Å². The van der Waals surface area contributed by atoms with Gasteiger partial charge in [0.1, 0.15) is 0 Å². The molecule has 0 bridgehead atoms. The number of hydrogen-bond acceptors (Lipinski definition) is 5. The van der Waals surface area contributed by atoms with Crippen LogP contribution in [0, 0.1) is 0 Å². The van der Waals surface area contributed by atoms with Gasteiger partial charge >= 0.3 is 11.9 Å². The molecular formula is C15H14INO4. The van der Waals surface area contributed by atoms with Crippen molar-refractivity contribution in [1.29, 1.82) is 0 Å². The fraction of sp³-hybridized carbons (Fsp3) is 0.267. The molecule has 0 aromatic heterocycles. The molecule has 0 N–H and O–H groups in total. The molecule has 0 spiro atoms. The Bertz CT molecular complexity index is 611. The Hall–Kier alpha value is -1.70. The summed E-state index contributed by atoms with van der Waals surface area (Å²) in [6.07, 6.45) is 0.807. The molecular weight excluding hydrogens is 385 g/mol. The lowest BCUT2D eigenvalue weighted by Crippen LogP contribution is -2.44. The van der Waals surface area contributed by atoms with Crippen LogP contribution >= 0.6 is 22.6 Å². The van der Waals surface area contributed by atoms with Gasteiger partial charge in [0, 0.05) is 12.5 Å². The van der Waals surface area contributed by atoms with Crippen LogP contribution in [0.4, 0.5) is 0 Å². The van der Waals surface area contributed by atoms with Crippen LogP contribution in [0.25, 0.3) is 0 Å². The second-order valence-electron chi connectivity index (χ2n) is 4.67. The van der Waals surface area contributed by atoms with Crippen molar-refractivity contribution in [2.75, 3.05) is 0 Å². The van der Waals surface area contributed by atoms with Crippen LogP contribution in [-0.2, 0) is 19.1 Å². The molecule has 2 rings (SSSR count). The van der Waals surface area contributed by atoms with Crippen molar-refractivity contribution in [2.45, 2.75) is 25.5 Å². The van der Waals surface area contributed by atoms with Crippen molar-refractivity contribution < 1.29 is 19.1 Å². The molecule has 110 valence electrons. The van der Waals surface area contributed by atoms with Crippen LogP contribution in [0.3, 0.4) is 0 Å². The number of benzene rings is 1. The van der Waals surface area contributed by atoms with Crippen molar-refractivity contribution in [3.63, 3.8) is 0 Å². The highest BCUT2D eigenvalue weighted by Gasteiger charge is 2.49. The van der Waals surface area contributed by atoms with Crippen LogP contribution < -0.4 is 0 Å². The average Bonchev–Trinajstić information content (AvgIpc) is 2.76. The van der Waals surface area contributed by atoms with E-state index in [2.05, 4.69) is 4.99 Å². The van der Waals surface area contributed by atoms with Crippen LogP contribution in [0.1, 0.15) is 19.4 Å². The fourth-order valence-electron chi connectivity index (χ4n) is 1.94. The highest BCUT2D eigenvalue weighted by Crippen LogP contribution is 2.29. The average molecular weight is 399 g/mol. The first-order chi connectivity index (χ1) is 9.97. The molecule has 0 amide bonds. The third kappa shape index (κ3) is 3.31. The van der Waals surface area contributed by atoms with E-state index in [1.54, 1.807) is 29.2 Å². The molecule has 2 atom stereocenters. The molecule has 1 heterocycles. The van der Waals surface area contributed by atoms with Crippen molar-refractivity contribution in [3.8, 4) is 0 Å². The maximum atomic E-state index is 12.2. The maximum absolute atomic E-state index is 12.2. The Balaban J connectivity index is 2.37. The van der Waals surface area contributed by atoms with Crippen molar-refractivity contribution in [2.24, 2.45) is 4.99 Å². The van der Waals surface area contributed by atoms with Crippen LogP contribution in [0.2, 0.25) is 0 Å². The van der Waals surface area contributed by atoms with Crippen molar-refractivity contribution in [1.82, 2.24) is 0 Å². The molecule has 5 nitrogen and oxygen atoms in total. The summed E-state index contributed by atoms with van der Waals surface area (Å²) in [6, 6.07) is 9.12. The largest absolute Gasteiger partial charge is 0.455 e. The molecule has 6 heteroatoms. The monoisotopic (exact) mass is 399 g/mol. The first-order valence-corrected chi connectivity index (χ1v) is 7.53. The summed E-state index contributed by atoms with van der Waals surface area (Å²) in [7, 11) is 0. The Labute approximate surface area is 136 Å². The normalized spacial score (nSPS) is 22.8. The number of rotatable bonds is 4. The van der Waals surface area contributed by atoms with E-state index in [1.165, 1.54) is 6.92 Å². The van der Waals surface area contributed by atoms with Gasteiger partial charge in [0.2, 0.25) is 5.90 Å². The number of carbonyl (C=O) groups excluding carboxylic acids is 2. The summed E-state index contributed by atoms with van der Waals surface area (Å²) in [5.41, 5.74) is -0.576. The minimum atomic E-state index is -1.28. The number of ether oxygens (including phenoxy) is 2. The van der Waals surface area contributed by atoms with Crippen molar-refractivity contribution >= 4 is 40.4 Å². The zero-order chi connectivity index (χ0) is 15.5. The van der Waals surface area contributed by atoms with E-state index < -0.39 is 23.6 Å². The van der Waals surface area contributed by atoms with E-state index in [1.807, 2.05) is 40.8 Å². The van der Waals surface area contributed by atoms with Gasteiger partial charge in [-0.25, -0.2) is 9.79 Å². The number of halogens is 1. The van der Waals surface area contributed by atoms with Gasteiger partial charge in [0.25, 0.3) is 0 Å². The van der Waals surface area contributed by atoms with Gasteiger partial charge in [-0.05, 0) is 29.2 Å². The number of nitrogens with zero attached hydrogens (tertiary/aromatic N) is 1. The molecule has 0 aliphatic carbocycles. The Morgan fingerprint density at radius 2 is 2.10 bits per heavy atom. The minimum absolute atomic E-state index is 0.238. The third-order valence-electron chi connectivity index (χ3n) is 3.05. The van der Waals surface area contributed by atoms with E-state index in [0.717, 1.165) is 0 Å². The second kappa shape index (κ2) is 6.38. The van der Waals surface area contributed by atoms with Gasteiger partial charge < -0.3 is 9.47 Å². The summed E-state index contributed by atoms with van der Waals surface area (Å²) < 4.78 is 12.1. The van der Waals surface area contributed by atoms with Gasteiger partial charge in [-0.2, -0.15) is 0 Å². The van der Waals surface area contributed by atoms with Crippen LogP contribution in [0.15, 0.2) is 45.5 Å². The molecule has 1 aromatic carbocycles. The topological polar surface area (TPSA) is 65.0 Å². The third-order valence-corrected chi connectivity index (χ3v) is 3.47. The molecule has 1 aliphatic heterocycles. The Morgan fingerprint density at radius 1 is 1.43 bits per heavy atom. The summed E-state index contributed by atoms with van der Waals surface area (Å²) in [5.74, 6) is -0.781. The molecule has 1 aliphatic rings. The smallest absolute Gasteiger partial charge is 0.344 e. The molecule has 1 unspecified atom stereocenters. The molecule has 0 fully saturated rings. The highest BCUT2D eigenvalue weighted by atomic mass is 127. The lowest BCUT2D eigenvalue weighted by atomic mass is 9.96.